The Labute approximate surface area is 142 Å². The van der Waals surface area contributed by atoms with E-state index in [2.05, 4.69) is 41.9 Å². The third kappa shape index (κ3) is 5.88. The largest absolute Gasteiger partial charge is 0.389 e. The Morgan fingerprint density at radius 2 is 1.83 bits per heavy atom. The number of hydrogen-bond acceptors (Lipinski definition) is 3. The van der Waals surface area contributed by atoms with Gasteiger partial charge >= 0.3 is 0 Å². The topological polar surface area (TPSA) is 56.3 Å². The molecule has 0 fully saturated rings. The van der Waals surface area contributed by atoms with Gasteiger partial charge in [-0.2, -0.15) is 0 Å². The number of rotatable bonds is 6. The lowest BCUT2D eigenvalue weighted by Gasteiger charge is -2.17. The molecule has 0 aromatic heterocycles. The molecule has 0 amide bonds. The van der Waals surface area contributed by atoms with Crippen molar-refractivity contribution in [3.63, 3.8) is 0 Å². The summed E-state index contributed by atoms with van der Waals surface area (Å²) in [7, 11) is 0. The molecule has 4 N–H and O–H groups in total. The second kappa shape index (κ2) is 8.50. The first kappa shape index (κ1) is 17.2. The van der Waals surface area contributed by atoms with Crippen LogP contribution in [0.4, 0.5) is 11.4 Å². The Balaban J connectivity index is 1.72. The fourth-order valence-corrected chi connectivity index (χ4v) is 2.42. The van der Waals surface area contributed by atoms with Crippen LogP contribution in [0.1, 0.15) is 11.1 Å². The van der Waals surface area contributed by atoms with Crippen LogP contribution >= 0.6 is 12.2 Å². The summed E-state index contributed by atoms with van der Waals surface area (Å²) in [5.41, 5.74) is 4.37. The molecule has 1 atom stereocenters. The maximum absolute atomic E-state index is 10.1. The highest BCUT2D eigenvalue weighted by molar-refractivity contribution is 7.80. The first-order valence-electron chi connectivity index (χ1n) is 7.63. The summed E-state index contributed by atoms with van der Waals surface area (Å²) in [4.78, 5) is 0. The molecule has 122 valence electrons. The highest BCUT2D eigenvalue weighted by Crippen LogP contribution is 2.15. The Morgan fingerprint density at radius 1 is 1.09 bits per heavy atom. The monoisotopic (exact) mass is 329 g/mol. The number of aliphatic hydroxyl groups excluding tert-OH is 1. The van der Waals surface area contributed by atoms with E-state index >= 15 is 0 Å². The van der Waals surface area contributed by atoms with Crippen molar-refractivity contribution in [2.24, 2.45) is 0 Å². The first-order chi connectivity index (χ1) is 11.0. The minimum Gasteiger partial charge on any atom is -0.389 e. The zero-order chi connectivity index (χ0) is 16.7. The van der Waals surface area contributed by atoms with Crippen molar-refractivity contribution < 1.29 is 5.11 Å². The Kier molecular flexibility index (Phi) is 6.38. The van der Waals surface area contributed by atoms with E-state index in [1.807, 2.05) is 36.4 Å². The molecule has 0 heterocycles. The predicted molar refractivity (Wildman–Crippen MR) is 101 cm³/mol. The lowest BCUT2D eigenvalue weighted by molar-refractivity contribution is 0.191. The molecule has 0 radical (unpaired) electrons. The molecule has 0 aliphatic heterocycles. The van der Waals surface area contributed by atoms with Crippen LogP contribution in [-0.4, -0.2) is 29.4 Å². The summed E-state index contributed by atoms with van der Waals surface area (Å²) in [5.74, 6) is 0. The smallest absolute Gasteiger partial charge is 0.170 e. The van der Waals surface area contributed by atoms with Crippen LogP contribution < -0.4 is 16.0 Å². The van der Waals surface area contributed by atoms with Crippen LogP contribution in [0.25, 0.3) is 0 Å². The maximum atomic E-state index is 10.1. The number of nitrogens with one attached hydrogen (secondary N) is 3. The minimum absolute atomic E-state index is 0.385. The van der Waals surface area contributed by atoms with E-state index in [1.54, 1.807) is 0 Å². The Hall–Kier alpha value is -2.11. The average Bonchev–Trinajstić information content (AvgIpc) is 2.53. The Bertz CT molecular complexity index is 646. The average molecular weight is 329 g/mol. The quantitative estimate of drug-likeness (QED) is 0.614. The van der Waals surface area contributed by atoms with Crippen molar-refractivity contribution in [3.8, 4) is 0 Å². The fraction of sp³-hybridized carbons (Fsp3) is 0.278. The number of benzene rings is 2. The van der Waals surface area contributed by atoms with Gasteiger partial charge in [0, 0.05) is 24.5 Å². The van der Waals surface area contributed by atoms with E-state index in [4.69, 9.17) is 12.2 Å². The lowest BCUT2D eigenvalue weighted by atomic mass is 10.1. The molecule has 0 aliphatic carbocycles. The lowest BCUT2D eigenvalue weighted by Crippen LogP contribution is -2.38. The zero-order valence-corrected chi connectivity index (χ0v) is 14.3. The molecular weight excluding hydrogens is 306 g/mol. The second-order valence-electron chi connectivity index (χ2n) is 5.55. The standard InChI is InChI=1S/C18H23N3OS/c1-13-8-9-17(14(2)10-13)19-11-16(22)12-20-18(23)21-15-6-4-3-5-7-15/h3-10,16,19,22H,11-12H2,1-2H3,(H2,20,21,23)/t16-/m0/s1. The highest BCUT2D eigenvalue weighted by Gasteiger charge is 2.06. The molecule has 0 spiro atoms. The third-order valence-electron chi connectivity index (χ3n) is 3.44. The van der Waals surface area contributed by atoms with Gasteiger partial charge in [-0.3, -0.25) is 0 Å². The number of hydrogen-bond donors (Lipinski definition) is 4. The molecule has 2 rings (SSSR count). The van der Waals surface area contributed by atoms with Crippen molar-refractivity contribution >= 4 is 28.7 Å². The number of aryl methyl sites for hydroxylation is 2. The van der Waals surface area contributed by atoms with Gasteiger partial charge in [-0.1, -0.05) is 35.9 Å². The van der Waals surface area contributed by atoms with Gasteiger partial charge in [-0.05, 0) is 49.8 Å². The number of thiocarbonyl (C=S) groups is 1. The molecule has 0 saturated heterocycles. The third-order valence-corrected chi connectivity index (χ3v) is 3.69. The van der Waals surface area contributed by atoms with Crippen LogP contribution in [0, 0.1) is 13.8 Å². The number of para-hydroxylation sites is 1. The fourth-order valence-electron chi connectivity index (χ4n) is 2.22. The van der Waals surface area contributed by atoms with E-state index in [0.717, 1.165) is 11.4 Å². The van der Waals surface area contributed by atoms with E-state index in [1.165, 1.54) is 11.1 Å². The summed E-state index contributed by atoms with van der Waals surface area (Å²) < 4.78 is 0. The van der Waals surface area contributed by atoms with Gasteiger partial charge < -0.3 is 21.1 Å². The molecular formula is C18H23N3OS. The van der Waals surface area contributed by atoms with Crippen LogP contribution in [0.5, 0.6) is 0 Å². The molecule has 0 unspecified atom stereocenters. The van der Waals surface area contributed by atoms with E-state index in [0.29, 0.717) is 18.2 Å². The SMILES string of the molecule is Cc1ccc(NC[C@H](O)CNC(=S)Nc2ccccc2)c(C)c1. The van der Waals surface area contributed by atoms with Gasteiger partial charge in [0.2, 0.25) is 0 Å². The number of aliphatic hydroxyl groups is 1. The van der Waals surface area contributed by atoms with Crippen LogP contribution in [0.15, 0.2) is 48.5 Å². The van der Waals surface area contributed by atoms with Crippen LogP contribution in [0.3, 0.4) is 0 Å². The van der Waals surface area contributed by atoms with Crippen molar-refractivity contribution in [1.82, 2.24) is 5.32 Å². The van der Waals surface area contributed by atoms with Crippen molar-refractivity contribution in [2.75, 3.05) is 23.7 Å². The summed E-state index contributed by atoms with van der Waals surface area (Å²) in [6.45, 7) is 4.97. The molecule has 2 aromatic rings. The van der Waals surface area contributed by atoms with Gasteiger partial charge in [0.15, 0.2) is 5.11 Å². The van der Waals surface area contributed by atoms with Gasteiger partial charge in [0.05, 0.1) is 6.10 Å². The van der Waals surface area contributed by atoms with E-state index in [-0.39, 0.29) is 0 Å². The van der Waals surface area contributed by atoms with Gasteiger partial charge in [0.25, 0.3) is 0 Å². The highest BCUT2D eigenvalue weighted by atomic mass is 32.1. The summed E-state index contributed by atoms with van der Waals surface area (Å²) >= 11 is 5.21. The number of anilines is 2. The summed E-state index contributed by atoms with van der Waals surface area (Å²) in [6.07, 6.45) is -0.536. The predicted octanol–water partition coefficient (Wildman–Crippen LogP) is 3.06. The van der Waals surface area contributed by atoms with Crippen LogP contribution in [0.2, 0.25) is 0 Å². The zero-order valence-electron chi connectivity index (χ0n) is 13.5. The van der Waals surface area contributed by atoms with E-state index < -0.39 is 6.10 Å². The first-order valence-corrected chi connectivity index (χ1v) is 8.04. The van der Waals surface area contributed by atoms with Crippen molar-refractivity contribution in [2.45, 2.75) is 20.0 Å². The molecule has 0 aliphatic rings. The van der Waals surface area contributed by atoms with Gasteiger partial charge in [-0.15, -0.1) is 0 Å². The summed E-state index contributed by atoms with van der Waals surface area (Å²) in [5, 5.41) is 19.9. The maximum Gasteiger partial charge on any atom is 0.170 e. The van der Waals surface area contributed by atoms with Crippen molar-refractivity contribution in [1.29, 1.82) is 0 Å². The minimum atomic E-state index is -0.536. The van der Waals surface area contributed by atoms with Crippen molar-refractivity contribution in [3.05, 3.63) is 59.7 Å². The molecule has 4 nitrogen and oxygen atoms in total. The summed E-state index contributed by atoms with van der Waals surface area (Å²) in [6, 6.07) is 15.9. The molecule has 0 bridgehead atoms. The molecule has 2 aromatic carbocycles. The molecule has 0 saturated carbocycles. The van der Waals surface area contributed by atoms with E-state index in [9.17, 15) is 5.11 Å². The molecule has 23 heavy (non-hydrogen) atoms. The second-order valence-corrected chi connectivity index (χ2v) is 5.96. The van der Waals surface area contributed by atoms with Crippen LogP contribution in [-0.2, 0) is 0 Å². The van der Waals surface area contributed by atoms with Gasteiger partial charge in [0.1, 0.15) is 0 Å². The van der Waals surface area contributed by atoms with Gasteiger partial charge in [-0.25, -0.2) is 0 Å². The normalized spacial score (nSPS) is 11.6. The molecule has 5 heteroatoms. The Morgan fingerprint density at radius 3 is 2.52 bits per heavy atom.